The maximum atomic E-state index is 12.8. The maximum absolute atomic E-state index is 12.8. The van der Waals surface area contributed by atoms with Gasteiger partial charge in [-0.3, -0.25) is 9.48 Å². The van der Waals surface area contributed by atoms with Crippen molar-refractivity contribution >= 4 is 28.2 Å². The first-order chi connectivity index (χ1) is 12.4. The molecule has 26 heavy (non-hydrogen) atoms. The van der Waals surface area contributed by atoms with Crippen LogP contribution < -0.4 is 5.32 Å². The smallest absolute Gasteiger partial charge is 0.341 e. The Morgan fingerprint density at radius 3 is 2.88 bits per heavy atom. The Labute approximate surface area is 156 Å². The zero-order valence-electron chi connectivity index (χ0n) is 15.5. The standard InChI is InChI=1S/C18H24N4O3S/c1-5-25-18(24)15-12-7-9-21(4)10-14(12)26-17(15)20-16(23)13-6-8-19-22(13)11(2)3/h6,8,11H,5,7,9-10H2,1-4H3,(H,20,23). The third-order valence-corrected chi connectivity index (χ3v) is 5.48. The van der Waals surface area contributed by atoms with Gasteiger partial charge in [0.25, 0.3) is 5.91 Å². The van der Waals surface area contributed by atoms with Crippen LogP contribution in [0.2, 0.25) is 0 Å². The van der Waals surface area contributed by atoms with Crippen molar-refractivity contribution in [1.82, 2.24) is 14.7 Å². The van der Waals surface area contributed by atoms with E-state index in [1.807, 2.05) is 20.9 Å². The molecule has 0 saturated carbocycles. The summed E-state index contributed by atoms with van der Waals surface area (Å²) in [6.07, 6.45) is 2.38. The van der Waals surface area contributed by atoms with Crippen molar-refractivity contribution in [2.24, 2.45) is 0 Å². The second-order valence-electron chi connectivity index (χ2n) is 6.63. The van der Waals surface area contributed by atoms with Crippen molar-refractivity contribution in [2.45, 2.75) is 39.8 Å². The molecule has 0 aliphatic carbocycles. The molecule has 0 spiro atoms. The number of amides is 1. The molecular weight excluding hydrogens is 352 g/mol. The summed E-state index contributed by atoms with van der Waals surface area (Å²) >= 11 is 1.46. The molecule has 0 fully saturated rings. The number of likely N-dealkylation sites (N-methyl/N-ethyl adjacent to an activating group) is 1. The summed E-state index contributed by atoms with van der Waals surface area (Å²) in [5.74, 6) is -0.643. The number of nitrogens with zero attached hydrogens (tertiary/aromatic N) is 3. The molecule has 8 heteroatoms. The molecular formula is C18H24N4O3S. The molecule has 0 unspecified atom stereocenters. The van der Waals surface area contributed by atoms with Crippen LogP contribution in [0.3, 0.4) is 0 Å². The fourth-order valence-corrected chi connectivity index (χ4v) is 4.42. The second-order valence-corrected chi connectivity index (χ2v) is 7.73. The van der Waals surface area contributed by atoms with Crippen LogP contribution in [-0.4, -0.2) is 46.8 Å². The summed E-state index contributed by atoms with van der Waals surface area (Å²) in [6, 6.07) is 1.75. The molecule has 3 rings (SSSR count). The van der Waals surface area contributed by atoms with Crippen molar-refractivity contribution in [2.75, 3.05) is 25.5 Å². The van der Waals surface area contributed by atoms with Gasteiger partial charge in [-0.25, -0.2) is 4.79 Å². The summed E-state index contributed by atoms with van der Waals surface area (Å²) < 4.78 is 6.91. The summed E-state index contributed by atoms with van der Waals surface area (Å²) in [5, 5.41) is 7.68. The minimum absolute atomic E-state index is 0.0699. The van der Waals surface area contributed by atoms with Crippen LogP contribution in [0, 0.1) is 0 Å². The molecule has 0 bridgehead atoms. The van der Waals surface area contributed by atoms with Gasteiger partial charge in [-0.1, -0.05) is 0 Å². The van der Waals surface area contributed by atoms with E-state index in [0.29, 0.717) is 22.9 Å². The highest BCUT2D eigenvalue weighted by Gasteiger charge is 2.29. The quantitative estimate of drug-likeness (QED) is 0.812. The highest BCUT2D eigenvalue weighted by atomic mass is 32.1. The van der Waals surface area contributed by atoms with E-state index >= 15 is 0 Å². The van der Waals surface area contributed by atoms with E-state index in [0.717, 1.165) is 30.0 Å². The van der Waals surface area contributed by atoms with Gasteiger partial charge >= 0.3 is 5.97 Å². The Kier molecular flexibility index (Phi) is 5.43. The lowest BCUT2D eigenvalue weighted by molar-refractivity contribution is 0.0526. The number of thiophene rings is 1. The lowest BCUT2D eigenvalue weighted by Crippen LogP contribution is -2.26. The number of hydrogen-bond donors (Lipinski definition) is 1. The van der Waals surface area contributed by atoms with Crippen molar-refractivity contribution in [3.05, 3.63) is 34.0 Å². The lowest BCUT2D eigenvalue weighted by atomic mass is 10.0. The van der Waals surface area contributed by atoms with Gasteiger partial charge in [0, 0.05) is 30.2 Å². The summed E-state index contributed by atoms with van der Waals surface area (Å²) in [6.45, 7) is 7.66. The van der Waals surface area contributed by atoms with Gasteiger partial charge < -0.3 is 15.0 Å². The van der Waals surface area contributed by atoms with Crippen LogP contribution >= 0.6 is 11.3 Å². The van der Waals surface area contributed by atoms with Crippen LogP contribution in [0.1, 0.15) is 58.1 Å². The third-order valence-electron chi connectivity index (χ3n) is 4.35. The molecule has 2 aromatic rings. The molecule has 1 aliphatic heterocycles. The highest BCUT2D eigenvalue weighted by molar-refractivity contribution is 7.17. The van der Waals surface area contributed by atoms with Crippen molar-refractivity contribution in [3.63, 3.8) is 0 Å². The van der Waals surface area contributed by atoms with Crippen LogP contribution in [-0.2, 0) is 17.7 Å². The molecule has 1 amide bonds. The lowest BCUT2D eigenvalue weighted by Gasteiger charge is -2.22. The molecule has 0 radical (unpaired) electrons. The van der Waals surface area contributed by atoms with Gasteiger partial charge in [0.2, 0.25) is 0 Å². The van der Waals surface area contributed by atoms with E-state index in [4.69, 9.17) is 4.74 Å². The number of ether oxygens (including phenoxy) is 1. The number of nitrogens with one attached hydrogen (secondary N) is 1. The Morgan fingerprint density at radius 2 is 2.19 bits per heavy atom. The van der Waals surface area contributed by atoms with Crippen LogP contribution in [0.15, 0.2) is 12.3 Å². The number of carbonyl (C=O) groups excluding carboxylic acids is 2. The SMILES string of the molecule is CCOC(=O)c1c(NC(=O)c2ccnn2C(C)C)sc2c1CCN(C)C2. The molecule has 7 nitrogen and oxygen atoms in total. The number of rotatable bonds is 5. The maximum Gasteiger partial charge on any atom is 0.341 e. The molecule has 1 aliphatic rings. The van der Waals surface area contributed by atoms with Gasteiger partial charge in [0.1, 0.15) is 10.7 Å². The predicted molar refractivity (Wildman–Crippen MR) is 101 cm³/mol. The largest absolute Gasteiger partial charge is 0.462 e. The van der Waals surface area contributed by atoms with Gasteiger partial charge in [-0.15, -0.1) is 11.3 Å². The van der Waals surface area contributed by atoms with E-state index in [9.17, 15) is 9.59 Å². The van der Waals surface area contributed by atoms with E-state index in [1.54, 1.807) is 23.9 Å². The predicted octanol–water partition coefficient (Wildman–Crippen LogP) is 2.94. The summed E-state index contributed by atoms with van der Waals surface area (Å²) in [4.78, 5) is 28.6. The third kappa shape index (κ3) is 3.52. The van der Waals surface area contributed by atoms with E-state index in [1.165, 1.54) is 11.3 Å². The van der Waals surface area contributed by atoms with Gasteiger partial charge in [-0.05, 0) is 45.9 Å². The summed E-state index contributed by atoms with van der Waals surface area (Å²) in [7, 11) is 2.05. The molecule has 0 atom stereocenters. The number of fused-ring (bicyclic) bond motifs is 1. The first-order valence-electron chi connectivity index (χ1n) is 8.77. The molecule has 0 saturated heterocycles. The van der Waals surface area contributed by atoms with Crippen molar-refractivity contribution in [1.29, 1.82) is 0 Å². The molecule has 140 valence electrons. The van der Waals surface area contributed by atoms with Crippen molar-refractivity contribution in [3.8, 4) is 0 Å². The Morgan fingerprint density at radius 1 is 1.42 bits per heavy atom. The number of hydrogen-bond acceptors (Lipinski definition) is 6. The van der Waals surface area contributed by atoms with Crippen molar-refractivity contribution < 1.29 is 14.3 Å². The van der Waals surface area contributed by atoms with Gasteiger partial charge in [-0.2, -0.15) is 5.10 Å². The van der Waals surface area contributed by atoms with E-state index < -0.39 is 0 Å². The first kappa shape index (κ1) is 18.6. The van der Waals surface area contributed by atoms with Gasteiger partial charge in [0.15, 0.2) is 0 Å². The first-order valence-corrected chi connectivity index (χ1v) is 9.59. The Balaban J connectivity index is 1.95. The van der Waals surface area contributed by atoms with E-state index in [2.05, 4.69) is 15.3 Å². The fourth-order valence-electron chi connectivity index (χ4n) is 3.11. The van der Waals surface area contributed by atoms with Gasteiger partial charge in [0.05, 0.1) is 12.2 Å². The van der Waals surface area contributed by atoms with Crippen LogP contribution in [0.4, 0.5) is 5.00 Å². The van der Waals surface area contributed by atoms with Crippen LogP contribution in [0.25, 0.3) is 0 Å². The number of carbonyl (C=O) groups is 2. The zero-order chi connectivity index (χ0) is 18.8. The summed E-state index contributed by atoms with van der Waals surface area (Å²) in [5.41, 5.74) is 1.97. The minimum atomic E-state index is -0.373. The number of aromatic nitrogens is 2. The number of esters is 1. The average molecular weight is 376 g/mol. The Bertz CT molecular complexity index is 825. The normalized spacial score (nSPS) is 14.3. The number of anilines is 1. The fraction of sp³-hybridized carbons (Fsp3) is 0.500. The monoisotopic (exact) mass is 376 g/mol. The Hall–Kier alpha value is -2.19. The topological polar surface area (TPSA) is 76.5 Å². The molecule has 0 aromatic carbocycles. The molecule has 1 N–H and O–H groups in total. The van der Waals surface area contributed by atoms with Crippen LogP contribution in [0.5, 0.6) is 0 Å². The van der Waals surface area contributed by atoms with E-state index in [-0.39, 0.29) is 17.9 Å². The zero-order valence-corrected chi connectivity index (χ0v) is 16.4. The molecule has 2 aromatic heterocycles. The average Bonchev–Trinajstić information content (AvgIpc) is 3.18. The minimum Gasteiger partial charge on any atom is -0.462 e. The molecule has 3 heterocycles. The second kappa shape index (κ2) is 7.59. The highest BCUT2D eigenvalue weighted by Crippen LogP contribution is 2.37.